The van der Waals surface area contributed by atoms with Crippen molar-refractivity contribution in [3.8, 4) is 11.1 Å². The van der Waals surface area contributed by atoms with Crippen molar-refractivity contribution < 1.29 is 4.57 Å². The Balaban J connectivity index is 1.74. The van der Waals surface area contributed by atoms with Crippen LogP contribution in [0.4, 0.5) is 0 Å². The van der Waals surface area contributed by atoms with Crippen molar-refractivity contribution in [2.75, 3.05) is 0 Å². The molecule has 0 aliphatic carbocycles. The van der Waals surface area contributed by atoms with E-state index < -0.39 is 0 Å². The first-order valence-corrected chi connectivity index (χ1v) is 10.2. The molecule has 5 aromatic rings. The Bertz CT molecular complexity index is 1480. The van der Waals surface area contributed by atoms with E-state index in [4.69, 9.17) is 0 Å². The Morgan fingerprint density at radius 2 is 1.68 bits per heavy atom. The smallest absolute Gasteiger partial charge is 0.225 e. The van der Waals surface area contributed by atoms with Crippen LogP contribution < -0.4 is 4.57 Å². The van der Waals surface area contributed by atoms with E-state index in [2.05, 4.69) is 77.5 Å². The molecule has 2 nitrogen and oxygen atoms in total. The lowest BCUT2D eigenvalue weighted by Crippen LogP contribution is -2.28. The van der Waals surface area contributed by atoms with Crippen molar-refractivity contribution in [3.05, 3.63) is 82.7 Å². The second-order valence-electron chi connectivity index (χ2n) is 8.55. The molecule has 28 heavy (non-hydrogen) atoms. The van der Waals surface area contributed by atoms with Crippen LogP contribution in [-0.2, 0) is 19.4 Å². The Morgan fingerprint density at radius 1 is 0.857 bits per heavy atom. The molecule has 0 spiro atoms. The highest BCUT2D eigenvalue weighted by atomic mass is 15.1. The van der Waals surface area contributed by atoms with Gasteiger partial charge < -0.3 is 0 Å². The summed E-state index contributed by atoms with van der Waals surface area (Å²) in [5.74, 6) is 0. The number of rotatable bonds is 1. The molecule has 0 bridgehead atoms. The zero-order valence-corrected chi connectivity index (χ0v) is 16.2. The van der Waals surface area contributed by atoms with E-state index in [0.717, 1.165) is 19.4 Å². The Hall–Kier alpha value is -3.13. The molecule has 2 heteroatoms. The molecule has 2 aliphatic rings. The maximum atomic E-state index is 2.56. The number of hydrogen-bond acceptors (Lipinski definition) is 0. The van der Waals surface area contributed by atoms with Gasteiger partial charge in [0.2, 0.25) is 0 Å². The largest absolute Gasteiger partial charge is 0.295 e. The van der Waals surface area contributed by atoms with Gasteiger partial charge in [-0.2, -0.15) is 4.40 Å². The summed E-state index contributed by atoms with van der Waals surface area (Å²) in [5, 5.41) is 4.27. The SMILES string of the molecule is Cc1cccc(C)c1-c1cc2c3c(c1)c1cccc4c1c1n3c(c[n+]1C4)CC2. The lowest BCUT2D eigenvalue weighted by molar-refractivity contribution is -0.657. The van der Waals surface area contributed by atoms with Gasteiger partial charge in [-0.3, -0.25) is 0 Å². The molecule has 0 radical (unpaired) electrons. The summed E-state index contributed by atoms with van der Waals surface area (Å²) in [4.78, 5) is 0. The second kappa shape index (κ2) is 4.82. The van der Waals surface area contributed by atoms with Gasteiger partial charge in [0.15, 0.2) is 0 Å². The van der Waals surface area contributed by atoms with Crippen LogP contribution in [0, 0.1) is 13.8 Å². The maximum Gasteiger partial charge on any atom is 0.295 e. The quantitative estimate of drug-likeness (QED) is 0.278. The van der Waals surface area contributed by atoms with E-state index in [1.54, 1.807) is 0 Å². The van der Waals surface area contributed by atoms with Crippen molar-refractivity contribution in [3.63, 3.8) is 0 Å². The zero-order valence-electron chi connectivity index (χ0n) is 16.2. The molecule has 2 aromatic heterocycles. The number of nitrogens with zero attached hydrogens (tertiary/aromatic N) is 2. The molecular weight excluding hydrogens is 340 g/mol. The summed E-state index contributed by atoms with van der Waals surface area (Å²) in [7, 11) is 0. The van der Waals surface area contributed by atoms with E-state index in [1.807, 2.05) is 0 Å². The van der Waals surface area contributed by atoms with Crippen LogP contribution in [-0.4, -0.2) is 4.40 Å². The summed E-state index contributed by atoms with van der Waals surface area (Å²) in [5.41, 5.74) is 12.7. The summed E-state index contributed by atoms with van der Waals surface area (Å²) in [6.45, 7) is 5.48. The topological polar surface area (TPSA) is 8.29 Å². The zero-order chi connectivity index (χ0) is 18.6. The average Bonchev–Trinajstić information content (AvgIpc) is 3.23. The lowest BCUT2D eigenvalue weighted by atomic mass is 9.89. The normalized spacial score (nSPS) is 14.4. The third-order valence-corrected chi connectivity index (χ3v) is 6.91. The molecular formula is C26H21N2+. The van der Waals surface area contributed by atoms with E-state index in [0.29, 0.717) is 0 Å². The third kappa shape index (κ3) is 1.63. The molecule has 0 unspecified atom stereocenters. The van der Waals surface area contributed by atoms with Crippen LogP contribution in [0.15, 0.2) is 54.7 Å². The van der Waals surface area contributed by atoms with Crippen molar-refractivity contribution in [2.24, 2.45) is 0 Å². The van der Waals surface area contributed by atoms with Gasteiger partial charge in [0.1, 0.15) is 24.0 Å². The first-order chi connectivity index (χ1) is 13.7. The van der Waals surface area contributed by atoms with Crippen LogP contribution >= 0.6 is 0 Å². The standard InChI is InChI=1S/C26H21N2/c1-15-5-3-6-16(2)23(15)19-11-17-9-10-20-14-27-13-18-7-4-8-21-22(12-19)25(17)28(20)26(27)24(18)21/h3-8,11-12,14H,9-10,13H2,1-2H3/q+1. The predicted molar refractivity (Wildman–Crippen MR) is 114 cm³/mol. The Kier molecular flexibility index (Phi) is 2.56. The van der Waals surface area contributed by atoms with Gasteiger partial charge in [-0.25, -0.2) is 4.57 Å². The molecule has 4 heterocycles. The summed E-state index contributed by atoms with van der Waals surface area (Å²) >= 11 is 0. The summed E-state index contributed by atoms with van der Waals surface area (Å²) < 4.78 is 5.02. The monoisotopic (exact) mass is 361 g/mol. The van der Waals surface area contributed by atoms with Crippen LogP contribution in [0.25, 0.3) is 38.4 Å². The fraction of sp³-hybridized carbons (Fsp3) is 0.192. The number of fused-ring (bicyclic) bond motifs is 1. The van der Waals surface area contributed by atoms with E-state index in [9.17, 15) is 0 Å². The van der Waals surface area contributed by atoms with Crippen LogP contribution in [0.3, 0.4) is 0 Å². The van der Waals surface area contributed by atoms with Gasteiger partial charge in [0.25, 0.3) is 5.65 Å². The highest BCUT2D eigenvalue weighted by molar-refractivity contribution is 6.14. The number of pyridine rings is 1. The van der Waals surface area contributed by atoms with Crippen LogP contribution in [0.1, 0.15) is 27.9 Å². The third-order valence-electron chi connectivity index (χ3n) is 6.91. The van der Waals surface area contributed by atoms with Crippen molar-refractivity contribution in [1.29, 1.82) is 0 Å². The van der Waals surface area contributed by atoms with E-state index in [1.165, 1.54) is 66.4 Å². The molecule has 0 fully saturated rings. The number of benzene rings is 3. The minimum absolute atomic E-state index is 1.01. The maximum absolute atomic E-state index is 2.56. The second-order valence-corrected chi connectivity index (χ2v) is 8.55. The highest BCUT2D eigenvalue weighted by Crippen LogP contribution is 2.41. The molecule has 3 aromatic carbocycles. The molecule has 134 valence electrons. The summed E-state index contributed by atoms with van der Waals surface area (Å²) in [6.07, 6.45) is 4.64. The van der Waals surface area contributed by atoms with Gasteiger partial charge in [-0.1, -0.05) is 36.4 Å². The number of imidazole rings is 1. The Labute approximate surface area is 163 Å². The van der Waals surface area contributed by atoms with E-state index in [-0.39, 0.29) is 0 Å². The predicted octanol–water partition coefficient (Wildman–Crippen LogP) is 5.28. The van der Waals surface area contributed by atoms with Gasteiger partial charge in [0, 0.05) is 28.3 Å². The number of aromatic nitrogens is 2. The molecule has 0 saturated heterocycles. The molecule has 2 aliphatic heterocycles. The number of aryl methyl sites for hydroxylation is 4. The van der Waals surface area contributed by atoms with Gasteiger partial charge in [0.05, 0.1) is 5.39 Å². The highest BCUT2D eigenvalue weighted by Gasteiger charge is 2.33. The average molecular weight is 361 g/mol. The first-order valence-electron chi connectivity index (χ1n) is 10.2. The van der Waals surface area contributed by atoms with Crippen molar-refractivity contribution in [2.45, 2.75) is 33.2 Å². The van der Waals surface area contributed by atoms with Crippen LogP contribution in [0.5, 0.6) is 0 Å². The fourth-order valence-electron chi connectivity index (χ4n) is 5.80. The molecule has 0 atom stereocenters. The first kappa shape index (κ1) is 14.9. The molecule has 7 rings (SSSR count). The minimum Gasteiger partial charge on any atom is -0.225 e. The van der Waals surface area contributed by atoms with Crippen LogP contribution in [0.2, 0.25) is 0 Å². The van der Waals surface area contributed by atoms with Gasteiger partial charge in [-0.05, 0) is 54.7 Å². The number of hydrogen-bond donors (Lipinski definition) is 0. The van der Waals surface area contributed by atoms with Gasteiger partial charge in [-0.15, -0.1) is 0 Å². The minimum atomic E-state index is 1.01. The Morgan fingerprint density at radius 3 is 2.54 bits per heavy atom. The van der Waals surface area contributed by atoms with Gasteiger partial charge >= 0.3 is 0 Å². The molecule has 0 N–H and O–H groups in total. The lowest BCUT2D eigenvalue weighted by Gasteiger charge is -2.17. The fourth-order valence-corrected chi connectivity index (χ4v) is 5.80. The van der Waals surface area contributed by atoms with Crippen molar-refractivity contribution in [1.82, 2.24) is 4.40 Å². The van der Waals surface area contributed by atoms with E-state index >= 15 is 0 Å². The molecule has 0 saturated carbocycles. The summed E-state index contributed by atoms with van der Waals surface area (Å²) in [6, 6.07) is 18.4. The molecule has 0 amide bonds. The van der Waals surface area contributed by atoms with Crippen molar-refractivity contribution >= 4 is 27.3 Å².